The van der Waals surface area contributed by atoms with Gasteiger partial charge in [-0.05, 0) is 25.0 Å². The number of carbonyl (C=O) groups is 1. The van der Waals surface area contributed by atoms with E-state index in [1.165, 1.54) is 0 Å². The molecule has 1 unspecified atom stereocenters. The maximum atomic E-state index is 11.9. The number of aromatic nitrogens is 1. The van der Waals surface area contributed by atoms with Crippen LogP contribution in [0.15, 0.2) is 24.3 Å². The highest BCUT2D eigenvalue weighted by molar-refractivity contribution is 7.88. The minimum absolute atomic E-state index is 0.000350. The van der Waals surface area contributed by atoms with Crippen LogP contribution in [0.5, 0.6) is 0 Å². The number of benzene rings is 1. The number of amides is 1. The van der Waals surface area contributed by atoms with Crippen molar-refractivity contribution in [3.63, 3.8) is 0 Å². The van der Waals surface area contributed by atoms with Crippen molar-refractivity contribution in [2.24, 2.45) is 0 Å². The van der Waals surface area contributed by atoms with Crippen molar-refractivity contribution >= 4 is 42.6 Å². The fourth-order valence-corrected chi connectivity index (χ4v) is 4.13. The van der Waals surface area contributed by atoms with Crippen molar-refractivity contribution in [2.45, 2.75) is 18.9 Å². The molecule has 1 aromatic carbocycles. The molecule has 2 heterocycles. The van der Waals surface area contributed by atoms with Crippen molar-refractivity contribution in [3.8, 4) is 0 Å². The van der Waals surface area contributed by atoms with Gasteiger partial charge in [0, 0.05) is 19.1 Å². The summed E-state index contributed by atoms with van der Waals surface area (Å²) in [5.41, 5.74) is 0.987. The number of carbonyl (C=O) groups excluding carboxylic acids is 1. The normalized spacial score (nSPS) is 18.7. The van der Waals surface area contributed by atoms with E-state index in [0.29, 0.717) is 6.54 Å². The second-order valence-corrected chi connectivity index (χ2v) is 8.75. The number of nitrogens with zero attached hydrogens (tertiary/aromatic N) is 2. The van der Waals surface area contributed by atoms with Crippen molar-refractivity contribution < 1.29 is 13.2 Å². The first-order valence-electron chi connectivity index (χ1n) is 7.75. The van der Waals surface area contributed by atoms with E-state index in [0.717, 1.165) is 41.0 Å². The fraction of sp³-hybridized carbons (Fsp3) is 0.467. The second-order valence-electron chi connectivity index (χ2n) is 5.91. The lowest BCUT2D eigenvalue weighted by Gasteiger charge is -2.32. The van der Waals surface area contributed by atoms with Gasteiger partial charge in [0.05, 0.1) is 23.0 Å². The van der Waals surface area contributed by atoms with Crippen LogP contribution in [-0.4, -0.2) is 51.2 Å². The van der Waals surface area contributed by atoms with E-state index in [1.54, 1.807) is 11.3 Å². The first-order valence-corrected chi connectivity index (χ1v) is 10.5. The molecule has 1 saturated heterocycles. The van der Waals surface area contributed by atoms with Gasteiger partial charge in [-0.25, -0.2) is 18.1 Å². The van der Waals surface area contributed by atoms with Crippen molar-refractivity contribution in [1.82, 2.24) is 15.0 Å². The predicted octanol–water partition coefficient (Wildman–Crippen LogP) is 0.931. The van der Waals surface area contributed by atoms with E-state index >= 15 is 0 Å². The summed E-state index contributed by atoms with van der Waals surface area (Å²) in [4.78, 5) is 18.7. The molecule has 0 bridgehead atoms. The molecule has 1 aliphatic rings. The van der Waals surface area contributed by atoms with Crippen molar-refractivity contribution in [1.29, 1.82) is 0 Å². The van der Waals surface area contributed by atoms with Crippen LogP contribution in [0.25, 0.3) is 10.2 Å². The molecular weight excluding hydrogens is 348 g/mol. The average molecular weight is 368 g/mol. The molecule has 1 atom stereocenters. The maximum absolute atomic E-state index is 11.9. The number of sulfonamides is 1. The molecule has 2 N–H and O–H groups in total. The Labute approximate surface area is 145 Å². The Morgan fingerprint density at radius 3 is 2.96 bits per heavy atom. The molecule has 9 heteroatoms. The summed E-state index contributed by atoms with van der Waals surface area (Å²) in [6, 6.07) is 8.02. The van der Waals surface area contributed by atoms with Crippen molar-refractivity contribution in [3.05, 3.63) is 24.3 Å². The van der Waals surface area contributed by atoms with Crippen LogP contribution < -0.4 is 14.9 Å². The largest absolute Gasteiger partial charge is 0.350 e. The lowest BCUT2D eigenvalue weighted by atomic mass is 10.1. The van der Waals surface area contributed by atoms with Crippen LogP contribution in [0.2, 0.25) is 0 Å². The number of para-hydroxylation sites is 1. The highest BCUT2D eigenvalue weighted by Crippen LogP contribution is 2.30. The van der Waals surface area contributed by atoms with Crippen LogP contribution >= 0.6 is 11.3 Å². The number of fused-ring (bicyclic) bond motifs is 1. The Hall–Kier alpha value is -1.71. The van der Waals surface area contributed by atoms with Gasteiger partial charge in [0.2, 0.25) is 15.9 Å². The summed E-state index contributed by atoms with van der Waals surface area (Å²) in [6.07, 6.45) is 2.88. The summed E-state index contributed by atoms with van der Waals surface area (Å²) < 4.78 is 25.4. The third-order valence-electron chi connectivity index (χ3n) is 3.83. The Kier molecular flexibility index (Phi) is 5.02. The summed E-state index contributed by atoms with van der Waals surface area (Å²) in [7, 11) is -3.36. The smallest absolute Gasteiger partial charge is 0.235 e. The molecule has 0 spiro atoms. The van der Waals surface area contributed by atoms with Gasteiger partial charge in [-0.2, -0.15) is 0 Å². The van der Waals surface area contributed by atoms with Crippen molar-refractivity contribution in [2.75, 3.05) is 30.8 Å². The number of thiazole rings is 1. The quantitative estimate of drug-likeness (QED) is 0.819. The first kappa shape index (κ1) is 17.1. The van der Waals surface area contributed by atoms with E-state index < -0.39 is 10.0 Å². The Balaban J connectivity index is 1.60. The highest BCUT2D eigenvalue weighted by atomic mass is 32.2. The number of piperidine rings is 1. The zero-order valence-corrected chi connectivity index (χ0v) is 15.0. The van der Waals surface area contributed by atoms with E-state index in [4.69, 9.17) is 0 Å². The molecule has 3 rings (SSSR count). The molecule has 7 nitrogen and oxygen atoms in total. The van der Waals surface area contributed by atoms with E-state index in [1.807, 2.05) is 18.2 Å². The highest BCUT2D eigenvalue weighted by Gasteiger charge is 2.23. The van der Waals surface area contributed by atoms with Gasteiger partial charge in [0.1, 0.15) is 0 Å². The van der Waals surface area contributed by atoms with E-state index in [-0.39, 0.29) is 18.5 Å². The number of hydrogen-bond acceptors (Lipinski definition) is 6. The minimum Gasteiger partial charge on any atom is -0.350 e. The monoisotopic (exact) mass is 368 g/mol. The molecule has 2 aromatic rings. The molecule has 1 fully saturated rings. The van der Waals surface area contributed by atoms with Crippen LogP contribution in [0.1, 0.15) is 12.8 Å². The third-order valence-corrected chi connectivity index (χ3v) is 5.60. The SMILES string of the molecule is CS(=O)(=O)NCC(=O)NC1CCCN(c2nc3ccccc3s2)C1. The number of rotatable bonds is 5. The van der Waals surface area contributed by atoms with Gasteiger partial charge in [-0.1, -0.05) is 23.5 Å². The Morgan fingerprint density at radius 1 is 1.42 bits per heavy atom. The van der Waals surface area contributed by atoms with Crippen LogP contribution in [0.3, 0.4) is 0 Å². The topological polar surface area (TPSA) is 91.4 Å². The van der Waals surface area contributed by atoms with Gasteiger partial charge in [0.15, 0.2) is 5.13 Å². The van der Waals surface area contributed by atoms with E-state index in [9.17, 15) is 13.2 Å². The number of hydrogen-bond donors (Lipinski definition) is 2. The molecule has 1 aromatic heterocycles. The number of nitrogens with one attached hydrogen (secondary N) is 2. The maximum Gasteiger partial charge on any atom is 0.235 e. The molecule has 130 valence electrons. The van der Waals surface area contributed by atoms with Crippen LogP contribution in [0.4, 0.5) is 5.13 Å². The lowest BCUT2D eigenvalue weighted by molar-refractivity contribution is -0.120. The molecule has 1 amide bonds. The fourth-order valence-electron chi connectivity index (χ4n) is 2.74. The summed E-state index contributed by atoms with van der Waals surface area (Å²) in [5, 5.41) is 3.86. The molecular formula is C15H20N4O3S2. The Bertz CT molecular complexity index is 801. The average Bonchev–Trinajstić information content (AvgIpc) is 2.97. The van der Waals surface area contributed by atoms with Crippen LogP contribution in [-0.2, 0) is 14.8 Å². The molecule has 0 radical (unpaired) electrons. The zero-order valence-electron chi connectivity index (χ0n) is 13.4. The Morgan fingerprint density at radius 2 is 2.21 bits per heavy atom. The number of anilines is 1. The minimum atomic E-state index is -3.36. The summed E-state index contributed by atoms with van der Waals surface area (Å²) in [6.45, 7) is 1.37. The van der Waals surface area contributed by atoms with E-state index in [2.05, 4.69) is 26.0 Å². The van der Waals surface area contributed by atoms with Gasteiger partial charge < -0.3 is 10.2 Å². The van der Waals surface area contributed by atoms with Gasteiger partial charge >= 0.3 is 0 Å². The lowest BCUT2D eigenvalue weighted by Crippen LogP contribution is -2.50. The van der Waals surface area contributed by atoms with Gasteiger partial charge in [-0.3, -0.25) is 4.79 Å². The van der Waals surface area contributed by atoms with Gasteiger partial charge in [0.25, 0.3) is 0 Å². The predicted molar refractivity (Wildman–Crippen MR) is 95.8 cm³/mol. The zero-order chi connectivity index (χ0) is 17.2. The third kappa shape index (κ3) is 4.43. The first-order chi connectivity index (χ1) is 11.4. The standard InChI is InChI=1S/C15H20N4O3S2/c1-24(21,22)16-9-14(20)17-11-5-4-8-19(10-11)15-18-12-6-2-3-7-13(12)23-15/h2-3,6-7,11,16H,4-5,8-10H2,1H3,(H,17,20). The molecule has 24 heavy (non-hydrogen) atoms. The molecule has 1 aliphatic heterocycles. The van der Waals surface area contributed by atoms with Crippen LogP contribution in [0, 0.1) is 0 Å². The second kappa shape index (κ2) is 7.04. The summed E-state index contributed by atoms with van der Waals surface area (Å²) >= 11 is 1.65. The summed E-state index contributed by atoms with van der Waals surface area (Å²) in [5.74, 6) is -0.309. The molecule has 0 aliphatic carbocycles. The molecule has 0 saturated carbocycles. The van der Waals surface area contributed by atoms with Gasteiger partial charge in [-0.15, -0.1) is 0 Å².